The molecule has 1 aromatic heterocycles. The van der Waals surface area contributed by atoms with Crippen LogP contribution in [0.4, 0.5) is 0 Å². The zero-order chi connectivity index (χ0) is 16.2. The first-order chi connectivity index (χ1) is 11.2. The highest BCUT2D eigenvalue weighted by molar-refractivity contribution is 8.93. The smallest absolute Gasteiger partial charge is 0.187 e. The lowest BCUT2D eigenvalue weighted by molar-refractivity contribution is 0.104. The van der Waals surface area contributed by atoms with Crippen molar-refractivity contribution < 1.29 is 9.53 Å². The van der Waals surface area contributed by atoms with Gasteiger partial charge < -0.3 is 4.74 Å². The summed E-state index contributed by atoms with van der Waals surface area (Å²) in [7, 11) is 1.64. The molecule has 1 aliphatic rings. The van der Waals surface area contributed by atoms with Crippen molar-refractivity contribution in [2.24, 2.45) is 0 Å². The molecular weight excluding hydrogens is 366 g/mol. The Hall–Kier alpha value is -1.94. The topological polar surface area (TPSA) is 39.2 Å². The lowest BCUT2D eigenvalue weighted by Crippen LogP contribution is -2.10. The Labute approximate surface area is 153 Å². The number of ether oxygens (including phenoxy) is 1. The van der Waals surface area contributed by atoms with Crippen LogP contribution < -0.4 is 4.74 Å². The Balaban J connectivity index is 0.00000208. The van der Waals surface area contributed by atoms with Crippen molar-refractivity contribution in [1.82, 2.24) is 4.98 Å². The third-order valence-corrected chi connectivity index (χ3v) is 4.30. The molecule has 0 saturated carbocycles. The van der Waals surface area contributed by atoms with Gasteiger partial charge in [0.2, 0.25) is 0 Å². The first kappa shape index (κ1) is 18.4. The van der Waals surface area contributed by atoms with E-state index in [1.165, 1.54) is 24.1 Å². The van der Waals surface area contributed by atoms with Crippen LogP contribution in [-0.4, -0.2) is 17.9 Å². The number of aromatic nitrogens is 1. The van der Waals surface area contributed by atoms with E-state index in [4.69, 9.17) is 4.74 Å². The number of allylic oxidation sites excluding steroid dienone is 1. The van der Waals surface area contributed by atoms with E-state index in [-0.39, 0.29) is 22.8 Å². The Kier molecular flexibility index (Phi) is 6.32. The molecule has 3 rings (SSSR count). The summed E-state index contributed by atoms with van der Waals surface area (Å²) in [4.78, 5) is 17.1. The summed E-state index contributed by atoms with van der Waals surface area (Å²) in [6.45, 7) is 1.92. The van der Waals surface area contributed by atoms with Crippen molar-refractivity contribution in [2.45, 2.75) is 32.6 Å². The van der Waals surface area contributed by atoms with Crippen LogP contribution in [0.5, 0.6) is 5.75 Å². The number of halogens is 1. The molecule has 0 unspecified atom stereocenters. The first-order valence-electron chi connectivity index (χ1n) is 8.03. The SMILES string of the molecule is Br.COc1ccc(C=CC(=O)c2cc3c(nc2C)CCCC3)cc1. The molecule has 0 aliphatic heterocycles. The van der Waals surface area contributed by atoms with E-state index >= 15 is 0 Å². The number of pyridine rings is 1. The summed E-state index contributed by atoms with van der Waals surface area (Å²) < 4.78 is 5.13. The van der Waals surface area contributed by atoms with Gasteiger partial charge in [-0.05, 0) is 68.0 Å². The monoisotopic (exact) mass is 387 g/mol. The number of benzene rings is 1. The molecule has 0 saturated heterocycles. The Morgan fingerprint density at radius 1 is 1.17 bits per heavy atom. The van der Waals surface area contributed by atoms with E-state index in [0.717, 1.165) is 35.4 Å². The number of aryl methyl sites for hydroxylation is 3. The maximum absolute atomic E-state index is 12.5. The summed E-state index contributed by atoms with van der Waals surface area (Å²) in [5.74, 6) is 0.822. The van der Waals surface area contributed by atoms with E-state index in [9.17, 15) is 4.79 Å². The summed E-state index contributed by atoms with van der Waals surface area (Å²) in [6, 6.07) is 9.67. The van der Waals surface area contributed by atoms with E-state index in [1.54, 1.807) is 13.2 Å². The van der Waals surface area contributed by atoms with Gasteiger partial charge in [0, 0.05) is 17.0 Å². The molecule has 1 aliphatic carbocycles. The normalized spacial score (nSPS) is 13.2. The Morgan fingerprint density at radius 2 is 1.88 bits per heavy atom. The van der Waals surface area contributed by atoms with Gasteiger partial charge in [0.05, 0.1) is 7.11 Å². The number of methoxy groups -OCH3 is 1. The second kappa shape index (κ2) is 8.25. The lowest BCUT2D eigenvalue weighted by atomic mass is 9.93. The molecular formula is C20H22BrNO2. The maximum atomic E-state index is 12.5. The molecule has 1 aromatic carbocycles. The molecule has 0 amide bonds. The van der Waals surface area contributed by atoms with E-state index < -0.39 is 0 Å². The number of ketones is 1. The van der Waals surface area contributed by atoms with Crippen LogP contribution >= 0.6 is 17.0 Å². The third-order valence-electron chi connectivity index (χ3n) is 4.30. The molecule has 0 bridgehead atoms. The van der Waals surface area contributed by atoms with Crippen molar-refractivity contribution in [3.8, 4) is 5.75 Å². The van der Waals surface area contributed by atoms with Crippen molar-refractivity contribution in [3.63, 3.8) is 0 Å². The van der Waals surface area contributed by atoms with Crippen LogP contribution in [0, 0.1) is 6.92 Å². The largest absolute Gasteiger partial charge is 0.497 e. The number of carbonyl (C=O) groups excluding carboxylic acids is 1. The molecule has 1 heterocycles. The second-order valence-electron chi connectivity index (χ2n) is 5.91. The second-order valence-corrected chi connectivity index (χ2v) is 5.91. The molecule has 2 aromatic rings. The minimum Gasteiger partial charge on any atom is -0.497 e. The molecule has 0 N–H and O–H groups in total. The van der Waals surface area contributed by atoms with Crippen molar-refractivity contribution in [1.29, 1.82) is 0 Å². The van der Waals surface area contributed by atoms with Gasteiger partial charge in [-0.2, -0.15) is 0 Å². The van der Waals surface area contributed by atoms with Gasteiger partial charge >= 0.3 is 0 Å². The van der Waals surface area contributed by atoms with E-state index in [2.05, 4.69) is 4.98 Å². The summed E-state index contributed by atoms with van der Waals surface area (Å²) >= 11 is 0. The summed E-state index contributed by atoms with van der Waals surface area (Å²) in [5, 5.41) is 0. The molecule has 0 atom stereocenters. The van der Waals surface area contributed by atoms with Crippen molar-refractivity contribution >= 4 is 28.8 Å². The highest BCUT2D eigenvalue weighted by Crippen LogP contribution is 2.22. The minimum atomic E-state index is 0. The van der Waals surface area contributed by atoms with Crippen LogP contribution in [0.1, 0.15) is 45.7 Å². The van der Waals surface area contributed by atoms with Crippen molar-refractivity contribution in [2.75, 3.05) is 7.11 Å². The van der Waals surface area contributed by atoms with Crippen LogP contribution in [0.15, 0.2) is 36.4 Å². The summed E-state index contributed by atoms with van der Waals surface area (Å²) in [6.07, 6.45) is 7.91. The predicted octanol–water partition coefficient (Wildman–Crippen LogP) is 4.75. The fourth-order valence-corrected chi connectivity index (χ4v) is 2.96. The van der Waals surface area contributed by atoms with Crippen LogP contribution in [0.2, 0.25) is 0 Å². The van der Waals surface area contributed by atoms with Crippen LogP contribution in [0.3, 0.4) is 0 Å². The number of rotatable bonds is 4. The lowest BCUT2D eigenvalue weighted by Gasteiger charge is -2.16. The van der Waals surface area contributed by atoms with Gasteiger partial charge in [0.25, 0.3) is 0 Å². The number of fused-ring (bicyclic) bond motifs is 1. The number of carbonyl (C=O) groups is 1. The molecule has 0 fully saturated rings. The Bertz CT molecular complexity index is 751. The number of nitrogens with zero attached hydrogens (tertiary/aromatic N) is 1. The van der Waals surface area contributed by atoms with Crippen LogP contribution in [-0.2, 0) is 12.8 Å². The van der Waals surface area contributed by atoms with Gasteiger partial charge in [-0.25, -0.2) is 0 Å². The highest BCUT2D eigenvalue weighted by atomic mass is 79.9. The van der Waals surface area contributed by atoms with Gasteiger partial charge in [-0.3, -0.25) is 9.78 Å². The molecule has 0 radical (unpaired) electrons. The number of hydrogen-bond donors (Lipinski definition) is 0. The maximum Gasteiger partial charge on any atom is 0.187 e. The third kappa shape index (κ3) is 4.12. The minimum absolute atomic E-state index is 0. The molecule has 3 nitrogen and oxygen atoms in total. The molecule has 126 valence electrons. The van der Waals surface area contributed by atoms with Crippen LogP contribution in [0.25, 0.3) is 6.08 Å². The fraction of sp³-hybridized carbons (Fsp3) is 0.300. The fourth-order valence-electron chi connectivity index (χ4n) is 2.96. The summed E-state index contributed by atoms with van der Waals surface area (Å²) in [5.41, 5.74) is 4.93. The van der Waals surface area contributed by atoms with E-state index in [0.29, 0.717) is 0 Å². The zero-order valence-corrected chi connectivity index (χ0v) is 15.8. The average Bonchev–Trinajstić information content (AvgIpc) is 2.59. The Morgan fingerprint density at radius 3 is 2.58 bits per heavy atom. The quantitative estimate of drug-likeness (QED) is 0.561. The zero-order valence-electron chi connectivity index (χ0n) is 14.0. The molecule has 0 spiro atoms. The predicted molar refractivity (Wildman–Crippen MR) is 102 cm³/mol. The van der Waals surface area contributed by atoms with Gasteiger partial charge in [-0.15, -0.1) is 17.0 Å². The van der Waals surface area contributed by atoms with Gasteiger partial charge in [0.1, 0.15) is 5.75 Å². The molecule has 4 heteroatoms. The van der Waals surface area contributed by atoms with Gasteiger partial charge in [0.15, 0.2) is 5.78 Å². The van der Waals surface area contributed by atoms with Gasteiger partial charge in [-0.1, -0.05) is 18.2 Å². The molecule has 24 heavy (non-hydrogen) atoms. The van der Waals surface area contributed by atoms with E-state index in [1.807, 2.05) is 43.3 Å². The average molecular weight is 388 g/mol. The first-order valence-corrected chi connectivity index (χ1v) is 8.03. The highest BCUT2D eigenvalue weighted by Gasteiger charge is 2.15. The van der Waals surface area contributed by atoms with Crippen molar-refractivity contribution in [3.05, 3.63) is 64.5 Å². The number of hydrogen-bond acceptors (Lipinski definition) is 3. The standard InChI is InChI=1S/C20H21NO2.BrH/c1-14-18(13-16-5-3-4-6-19(16)21-14)20(22)12-9-15-7-10-17(23-2)11-8-15;/h7-13H,3-6H2,1-2H3;1H.